The molecule has 4 nitrogen and oxygen atoms in total. The van der Waals surface area contributed by atoms with E-state index in [0.717, 1.165) is 32.7 Å². The molecule has 0 spiro atoms. The Kier molecular flexibility index (Phi) is 5.89. The number of likely N-dealkylation sites (tertiary alicyclic amines) is 1. The molecule has 4 heteroatoms. The van der Waals surface area contributed by atoms with Gasteiger partial charge in [0, 0.05) is 19.1 Å². The van der Waals surface area contributed by atoms with Crippen LogP contribution < -0.4 is 0 Å². The van der Waals surface area contributed by atoms with Gasteiger partial charge in [-0.1, -0.05) is 0 Å². The molecule has 0 aromatic rings. The Morgan fingerprint density at radius 2 is 2.00 bits per heavy atom. The summed E-state index contributed by atoms with van der Waals surface area (Å²) in [6, 6.07) is 0.620. The first-order chi connectivity index (χ1) is 8.75. The van der Waals surface area contributed by atoms with Crippen LogP contribution in [0.5, 0.6) is 0 Å². The third-order valence-corrected chi connectivity index (χ3v) is 4.14. The Morgan fingerprint density at radius 3 is 2.72 bits per heavy atom. The van der Waals surface area contributed by atoms with Crippen LogP contribution in [0, 0.1) is 0 Å². The van der Waals surface area contributed by atoms with Gasteiger partial charge in [-0.3, -0.25) is 4.90 Å². The fraction of sp³-hybridized carbons (Fsp3) is 1.00. The molecule has 2 unspecified atom stereocenters. The zero-order valence-corrected chi connectivity index (χ0v) is 11.7. The highest BCUT2D eigenvalue weighted by molar-refractivity contribution is 4.80. The van der Waals surface area contributed by atoms with Crippen molar-refractivity contribution in [2.24, 2.45) is 0 Å². The van der Waals surface area contributed by atoms with Crippen molar-refractivity contribution in [3.8, 4) is 0 Å². The molecule has 0 radical (unpaired) electrons. The zero-order chi connectivity index (χ0) is 12.8. The van der Waals surface area contributed by atoms with E-state index in [2.05, 4.69) is 9.80 Å². The van der Waals surface area contributed by atoms with Crippen LogP contribution in [0.1, 0.15) is 32.6 Å². The Bertz CT molecular complexity index is 230. The van der Waals surface area contributed by atoms with Gasteiger partial charge in [0.1, 0.15) is 0 Å². The highest BCUT2D eigenvalue weighted by Gasteiger charge is 2.25. The molecule has 0 amide bonds. The van der Waals surface area contributed by atoms with E-state index in [1.165, 1.54) is 38.9 Å². The zero-order valence-electron chi connectivity index (χ0n) is 11.7. The Balaban J connectivity index is 1.62. The lowest BCUT2D eigenvalue weighted by Gasteiger charge is -2.29. The van der Waals surface area contributed by atoms with Crippen LogP contribution in [-0.4, -0.2) is 73.0 Å². The molecule has 0 aromatic carbocycles. The Hall–Kier alpha value is -0.160. The van der Waals surface area contributed by atoms with Crippen molar-refractivity contribution in [3.63, 3.8) is 0 Å². The van der Waals surface area contributed by atoms with Gasteiger partial charge in [-0.25, -0.2) is 0 Å². The number of aliphatic hydroxyl groups excluding tert-OH is 1. The standard InChI is InChI=1S/C14H28N2O2/c1-13(17)12-14-4-2-6-16(14)7-3-5-15-8-10-18-11-9-15/h13-14,17H,2-12H2,1H3. The van der Waals surface area contributed by atoms with E-state index in [0.29, 0.717) is 6.04 Å². The van der Waals surface area contributed by atoms with Gasteiger partial charge in [0.2, 0.25) is 0 Å². The minimum Gasteiger partial charge on any atom is -0.393 e. The summed E-state index contributed by atoms with van der Waals surface area (Å²) >= 11 is 0. The molecule has 0 aliphatic carbocycles. The van der Waals surface area contributed by atoms with Gasteiger partial charge in [0.25, 0.3) is 0 Å². The molecule has 2 atom stereocenters. The van der Waals surface area contributed by atoms with Crippen LogP contribution in [0.25, 0.3) is 0 Å². The SMILES string of the molecule is CC(O)CC1CCCN1CCCN1CCOCC1. The first-order valence-electron chi connectivity index (χ1n) is 7.48. The monoisotopic (exact) mass is 256 g/mol. The number of hydrogen-bond donors (Lipinski definition) is 1. The first kappa shape index (κ1) is 14.3. The van der Waals surface area contributed by atoms with Crippen LogP contribution in [0.15, 0.2) is 0 Å². The molecule has 2 aliphatic heterocycles. The summed E-state index contributed by atoms with van der Waals surface area (Å²) in [4.78, 5) is 5.08. The van der Waals surface area contributed by atoms with E-state index in [9.17, 15) is 5.11 Å². The van der Waals surface area contributed by atoms with E-state index in [1.54, 1.807) is 0 Å². The van der Waals surface area contributed by atoms with Crippen LogP contribution >= 0.6 is 0 Å². The maximum absolute atomic E-state index is 9.51. The topological polar surface area (TPSA) is 35.9 Å². The lowest BCUT2D eigenvalue weighted by atomic mass is 10.1. The van der Waals surface area contributed by atoms with Crippen LogP contribution in [-0.2, 0) is 4.74 Å². The number of morpholine rings is 1. The molecule has 0 saturated carbocycles. The first-order valence-corrected chi connectivity index (χ1v) is 7.48. The minimum atomic E-state index is -0.158. The number of hydrogen-bond acceptors (Lipinski definition) is 4. The smallest absolute Gasteiger partial charge is 0.0594 e. The highest BCUT2D eigenvalue weighted by atomic mass is 16.5. The normalized spacial score (nSPS) is 28.7. The van der Waals surface area contributed by atoms with Crippen molar-refractivity contribution in [2.45, 2.75) is 44.8 Å². The van der Waals surface area contributed by atoms with Gasteiger partial charge in [-0.05, 0) is 52.2 Å². The average Bonchev–Trinajstić information content (AvgIpc) is 2.77. The summed E-state index contributed by atoms with van der Waals surface area (Å²) in [6.45, 7) is 9.50. The molecule has 2 rings (SSSR count). The van der Waals surface area contributed by atoms with E-state index in [-0.39, 0.29) is 6.10 Å². The number of nitrogens with zero attached hydrogens (tertiary/aromatic N) is 2. The van der Waals surface area contributed by atoms with E-state index in [1.807, 2.05) is 6.92 Å². The van der Waals surface area contributed by atoms with E-state index < -0.39 is 0 Å². The van der Waals surface area contributed by atoms with Crippen molar-refractivity contribution in [1.82, 2.24) is 9.80 Å². The second-order valence-electron chi connectivity index (χ2n) is 5.72. The van der Waals surface area contributed by atoms with Gasteiger partial charge in [0.05, 0.1) is 19.3 Å². The van der Waals surface area contributed by atoms with Crippen molar-refractivity contribution in [2.75, 3.05) is 45.9 Å². The maximum atomic E-state index is 9.51. The molecule has 2 aliphatic rings. The van der Waals surface area contributed by atoms with Crippen molar-refractivity contribution in [1.29, 1.82) is 0 Å². The highest BCUT2D eigenvalue weighted by Crippen LogP contribution is 2.21. The third-order valence-electron chi connectivity index (χ3n) is 4.14. The summed E-state index contributed by atoms with van der Waals surface area (Å²) in [6.07, 6.45) is 4.60. The van der Waals surface area contributed by atoms with Crippen LogP contribution in [0.2, 0.25) is 0 Å². The minimum absolute atomic E-state index is 0.158. The fourth-order valence-corrected chi connectivity index (χ4v) is 3.17. The van der Waals surface area contributed by atoms with Crippen molar-refractivity contribution >= 4 is 0 Å². The molecule has 2 heterocycles. The van der Waals surface area contributed by atoms with Gasteiger partial charge >= 0.3 is 0 Å². The second kappa shape index (κ2) is 7.43. The number of rotatable bonds is 6. The fourth-order valence-electron chi connectivity index (χ4n) is 3.17. The molecule has 1 N–H and O–H groups in total. The van der Waals surface area contributed by atoms with Crippen molar-refractivity contribution in [3.05, 3.63) is 0 Å². The van der Waals surface area contributed by atoms with Crippen LogP contribution in [0.4, 0.5) is 0 Å². The molecular formula is C14H28N2O2. The van der Waals surface area contributed by atoms with Gasteiger partial charge in [-0.15, -0.1) is 0 Å². The second-order valence-corrected chi connectivity index (χ2v) is 5.72. The van der Waals surface area contributed by atoms with E-state index >= 15 is 0 Å². The predicted octanol–water partition coefficient (Wildman–Crippen LogP) is 0.944. The third kappa shape index (κ3) is 4.50. The Labute approximate surface area is 111 Å². The summed E-state index contributed by atoms with van der Waals surface area (Å²) in [5.41, 5.74) is 0. The molecule has 2 saturated heterocycles. The molecule has 0 aromatic heterocycles. The molecule has 2 fully saturated rings. The summed E-state index contributed by atoms with van der Waals surface area (Å²) in [7, 11) is 0. The lowest BCUT2D eigenvalue weighted by Crippen LogP contribution is -2.39. The number of ether oxygens (including phenoxy) is 1. The van der Waals surface area contributed by atoms with Gasteiger partial charge in [0.15, 0.2) is 0 Å². The van der Waals surface area contributed by atoms with E-state index in [4.69, 9.17) is 4.74 Å². The Morgan fingerprint density at radius 1 is 1.22 bits per heavy atom. The summed E-state index contributed by atoms with van der Waals surface area (Å²) in [5, 5.41) is 9.51. The molecule has 18 heavy (non-hydrogen) atoms. The summed E-state index contributed by atoms with van der Waals surface area (Å²) in [5.74, 6) is 0. The molecule has 106 valence electrons. The largest absolute Gasteiger partial charge is 0.393 e. The average molecular weight is 256 g/mol. The van der Waals surface area contributed by atoms with Gasteiger partial charge in [-0.2, -0.15) is 0 Å². The van der Waals surface area contributed by atoms with Crippen LogP contribution in [0.3, 0.4) is 0 Å². The summed E-state index contributed by atoms with van der Waals surface area (Å²) < 4.78 is 5.36. The predicted molar refractivity (Wildman–Crippen MR) is 72.8 cm³/mol. The quantitative estimate of drug-likeness (QED) is 0.767. The van der Waals surface area contributed by atoms with Crippen molar-refractivity contribution < 1.29 is 9.84 Å². The maximum Gasteiger partial charge on any atom is 0.0594 e. The number of aliphatic hydroxyl groups is 1. The van der Waals surface area contributed by atoms with Gasteiger partial charge < -0.3 is 14.7 Å². The molecule has 0 bridgehead atoms. The lowest BCUT2D eigenvalue weighted by molar-refractivity contribution is 0.0355. The molecular weight excluding hydrogens is 228 g/mol.